The van der Waals surface area contributed by atoms with Crippen LogP contribution in [0.15, 0.2) is 42.5 Å². The number of methoxy groups -OCH3 is 3. The Kier molecular flexibility index (Phi) is 6.61. The van der Waals surface area contributed by atoms with Crippen molar-refractivity contribution in [2.24, 2.45) is 5.92 Å². The molecule has 0 radical (unpaired) electrons. The number of carbonyl (C=O) groups excluding carboxylic acids is 1. The second-order valence-corrected chi connectivity index (χ2v) is 7.28. The van der Waals surface area contributed by atoms with Crippen LogP contribution in [0.3, 0.4) is 0 Å². The van der Waals surface area contributed by atoms with Gasteiger partial charge in [-0.05, 0) is 42.7 Å². The van der Waals surface area contributed by atoms with Crippen LogP contribution in [0.1, 0.15) is 29.9 Å². The van der Waals surface area contributed by atoms with Crippen LogP contribution in [0.25, 0.3) is 11.3 Å². The molecule has 1 aromatic heterocycles. The number of rotatable bonds is 8. The molecule has 7 heteroatoms. The molecule has 0 spiro atoms. The molecule has 0 aliphatic rings. The molecule has 2 aromatic carbocycles. The number of ether oxygens (including phenoxy) is 3. The van der Waals surface area contributed by atoms with E-state index >= 15 is 0 Å². The number of nitrogens with one attached hydrogen (secondary N) is 2. The van der Waals surface area contributed by atoms with E-state index in [4.69, 9.17) is 14.2 Å². The number of aromatic amines is 1. The molecule has 2 N–H and O–H groups in total. The van der Waals surface area contributed by atoms with Crippen molar-refractivity contribution in [1.82, 2.24) is 10.2 Å². The number of benzene rings is 2. The zero-order valence-corrected chi connectivity index (χ0v) is 17.9. The third kappa shape index (κ3) is 4.56. The maximum absolute atomic E-state index is 13.0. The summed E-state index contributed by atoms with van der Waals surface area (Å²) >= 11 is 0. The third-order valence-electron chi connectivity index (χ3n) is 4.69. The Bertz CT molecular complexity index is 1030. The van der Waals surface area contributed by atoms with Gasteiger partial charge in [-0.15, -0.1) is 0 Å². The van der Waals surface area contributed by atoms with E-state index in [9.17, 15) is 4.79 Å². The highest BCUT2D eigenvalue weighted by Crippen LogP contribution is 2.38. The minimum Gasteiger partial charge on any atom is -0.497 e. The van der Waals surface area contributed by atoms with Crippen LogP contribution in [-0.4, -0.2) is 37.4 Å². The molecule has 0 aliphatic heterocycles. The van der Waals surface area contributed by atoms with Crippen LogP contribution in [0.4, 0.5) is 5.69 Å². The van der Waals surface area contributed by atoms with E-state index in [0.29, 0.717) is 40.1 Å². The lowest BCUT2D eigenvalue weighted by atomic mass is 10.0. The van der Waals surface area contributed by atoms with E-state index in [-0.39, 0.29) is 5.91 Å². The van der Waals surface area contributed by atoms with Crippen molar-refractivity contribution in [2.75, 3.05) is 26.6 Å². The monoisotopic (exact) mass is 409 g/mol. The highest BCUT2D eigenvalue weighted by atomic mass is 16.5. The fourth-order valence-corrected chi connectivity index (χ4v) is 3.21. The first-order valence-electron chi connectivity index (χ1n) is 9.71. The smallest absolute Gasteiger partial charge is 0.255 e. The van der Waals surface area contributed by atoms with Gasteiger partial charge in [-0.3, -0.25) is 9.89 Å². The van der Waals surface area contributed by atoms with Crippen molar-refractivity contribution in [2.45, 2.75) is 20.3 Å². The molecule has 0 aliphatic carbocycles. The first kappa shape index (κ1) is 21.2. The quantitative estimate of drug-likeness (QED) is 0.570. The third-order valence-corrected chi connectivity index (χ3v) is 4.69. The predicted octanol–water partition coefficient (Wildman–Crippen LogP) is 4.55. The Morgan fingerprint density at radius 2 is 1.77 bits per heavy atom. The van der Waals surface area contributed by atoms with E-state index in [0.717, 1.165) is 17.7 Å². The number of anilines is 1. The van der Waals surface area contributed by atoms with Crippen molar-refractivity contribution in [1.29, 1.82) is 0 Å². The van der Waals surface area contributed by atoms with E-state index < -0.39 is 0 Å². The van der Waals surface area contributed by atoms with Crippen LogP contribution >= 0.6 is 0 Å². The number of nitrogens with zero attached hydrogens (tertiary/aromatic N) is 1. The van der Waals surface area contributed by atoms with Crippen LogP contribution in [0.2, 0.25) is 0 Å². The van der Waals surface area contributed by atoms with Crippen LogP contribution in [0.5, 0.6) is 17.2 Å². The molecular formula is C23H27N3O4. The van der Waals surface area contributed by atoms with Crippen molar-refractivity contribution < 1.29 is 19.0 Å². The molecule has 0 saturated heterocycles. The second-order valence-electron chi connectivity index (χ2n) is 7.28. The molecule has 158 valence electrons. The van der Waals surface area contributed by atoms with Crippen LogP contribution in [0, 0.1) is 5.92 Å². The Morgan fingerprint density at radius 3 is 2.43 bits per heavy atom. The summed E-state index contributed by atoms with van der Waals surface area (Å²) in [5.74, 6) is 2.04. The number of H-pyrrole nitrogens is 1. The summed E-state index contributed by atoms with van der Waals surface area (Å²) in [6.45, 7) is 4.23. The van der Waals surface area contributed by atoms with Gasteiger partial charge < -0.3 is 19.5 Å². The zero-order chi connectivity index (χ0) is 21.7. The van der Waals surface area contributed by atoms with Crippen LogP contribution in [-0.2, 0) is 6.42 Å². The Balaban J connectivity index is 2.04. The van der Waals surface area contributed by atoms with Gasteiger partial charge in [-0.1, -0.05) is 19.9 Å². The molecule has 0 atom stereocenters. The SMILES string of the molecule is COc1cccc(C(=O)Nc2c(-c3ccc(OC)cc3OC)n[nH]c2CC(C)C)c1. The summed E-state index contributed by atoms with van der Waals surface area (Å²) in [5, 5.41) is 10.6. The minimum absolute atomic E-state index is 0.242. The zero-order valence-electron chi connectivity index (χ0n) is 17.9. The molecule has 3 rings (SSSR count). The molecule has 1 heterocycles. The van der Waals surface area contributed by atoms with Gasteiger partial charge in [-0.2, -0.15) is 5.10 Å². The number of aromatic nitrogens is 2. The summed E-state index contributed by atoms with van der Waals surface area (Å²) in [6.07, 6.45) is 0.735. The number of hydrogen-bond acceptors (Lipinski definition) is 5. The van der Waals surface area contributed by atoms with Gasteiger partial charge in [0.05, 0.1) is 32.7 Å². The fourth-order valence-electron chi connectivity index (χ4n) is 3.21. The number of hydrogen-bond donors (Lipinski definition) is 2. The summed E-state index contributed by atoms with van der Waals surface area (Å²) in [7, 11) is 4.76. The summed E-state index contributed by atoms with van der Waals surface area (Å²) < 4.78 is 16.1. The lowest BCUT2D eigenvalue weighted by Gasteiger charge is -2.13. The van der Waals surface area contributed by atoms with Gasteiger partial charge in [0.2, 0.25) is 0 Å². The molecular weight excluding hydrogens is 382 g/mol. The van der Waals surface area contributed by atoms with E-state index in [1.165, 1.54) is 0 Å². The Labute approximate surface area is 176 Å². The predicted molar refractivity (Wildman–Crippen MR) is 117 cm³/mol. The average Bonchev–Trinajstić information content (AvgIpc) is 3.14. The number of amides is 1. The second kappa shape index (κ2) is 9.35. The van der Waals surface area contributed by atoms with Crippen molar-refractivity contribution in [3.63, 3.8) is 0 Å². The number of carbonyl (C=O) groups is 1. The van der Waals surface area contributed by atoms with E-state index in [2.05, 4.69) is 29.4 Å². The lowest BCUT2D eigenvalue weighted by molar-refractivity contribution is 0.102. The molecule has 3 aromatic rings. The Morgan fingerprint density at radius 1 is 1.03 bits per heavy atom. The molecule has 7 nitrogen and oxygen atoms in total. The van der Waals surface area contributed by atoms with Gasteiger partial charge in [0.1, 0.15) is 22.9 Å². The lowest BCUT2D eigenvalue weighted by Crippen LogP contribution is -2.14. The van der Waals surface area contributed by atoms with Gasteiger partial charge in [0.25, 0.3) is 5.91 Å². The average molecular weight is 409 g/mol. The molecule has 30 heavy (non-hydrogen) atoms. The van der Waals surface area contributed by atoms with Gasteiger partial charge >= 0.3 is 0 Å². The van der Waals surface area contributed by atoms with E-state index in [1.807, 2.05) is 12.1 Å². The first-order chi connectivity index (χ1) is 14.5. The summed E-state index contributed by atoms with van der Waals surface area (Å²) in [6, 6.07) is 12.5. The molecule has 0 saturated carbocycles. The van der Waals surface area contributed by atoms with Crippen LogP contribution < -0.4 is 19.5 Å². The summed E-state index contributed by atoms with van der Waals surface area (Å²) in [4.78, 5) is 13.0. The molecule has 0 bridgehead atoms. The van der Waals surface area contributed by atoms with Gasteiger partial charge in [0.15, 0.2) is 0 Å². The highest BCUT2D eigenvalue weighted by molar-refractivity contribution is 6.06. The summed E-state index contributed by atoms with van der Waals surface area (Å²) in [5.41, 5.74) is 3.36. The van der Waals surface area contributed by atoms with Gasteiger partial charge in [0, 0.05) is 17.2 Å². The van der Waals surface area contributed by atoms with E-state index in [1.54, 1.807) is 51.7 Å². The molecule has 1 amide bonds. The highest BCUT2D eigenvalue weighted by Gasteiger charge is 2.21. The topological polar surface area (TPSA) is 85.5 Å². The van der Waals surface area contributed by atoms with Crippen molar-refractivity contribution in [3.8, 4) is 28.5 Å². The van der Waals surface area contributed by atoms with Crippen molar-refractivity contribution >= 4 is 11.6 Å². The normalized spacial score (nSPS) is 10.7. The largest absolute Gasteiger partial charge is 0.497 e. The maximum atomic E-state index is 13.0. The Hall–Kier alpha value is -3.48. The molecule has 0 unspecified atom stereocenters. The first-order valence-corrected chi connectivity index (χ1v) is 9.71. The van der Waals surface area contributed by atoms with Crippen molar-refractivity contribution in [3.05, 3.63) is 53.7 Å². The van der Waals surface area contributed by atoms with Gasteiger partial charge in [-0.25, -0.2) is 0 Å². The fraction of sp³-hybridized carbons (Fsp3) is 0.304. The standard InChI is InChI=1S/C23H27N3O4/c1-14(2)11-19-22(24-23(27)15-7-6-8-16(12-15)28-3)21(26-25-19)18-10-9-17(29-4)13-20(18)30-5/h6-10,12-14H,11H2,1-5H3,(H,24,27)(H,25,26). The minimum atomic E-state index is -0.242. The maximum Gasteiger partial charge on any atom is 0.255 e. The molecule has 0 fully saturated rings.